The van der Waals surface area contributed by atoms with Gasteiger partial charge in [0.1, 0.15) is 0 Å². The highest BCUT2D eigenvalue weighted by Crippen LogP contribution is 2.21. The Labute approximate surface area is 116 Å². The first-order chi connectivity index (χ1) is 9.08. The van der Waals surface area contributed by atoms with Crippen molar-refractivity contribution < 1.29 is 4.79 Å². The Bertz CT molecular complexity index is 372. The van der Waals surface area contributed by atoms with Gasteiger partial charge in [0.2, 0.25) is 5.91 Å². The fourth-order valence-corrected chi connectivity index (χ4v) is 2.18. The Morgan fingerprint density at radius 1 is 1.26 bits per heavy atom. The molecule has 0 bridgehead atoms. The lowest BCUT2D eigenvalue weighted by Crippen LogP contribution is -2.37. The van der Waals surface area contributed by atoms with E-state index in [1.54, 1.807) is 0 Å². The van der Waals surface area contributed by atoms with Crippen LogP contribution in [0.25, 0.3) is 0 Å². The molecule has 2 atom stereocenters. The summed E-state index contributed by atoms with van der Waals surface area (Å²) in [6.07, 6.45) is 1.72. The summed E-state index contributed by atoms with van der Waals surface area (Å²) < 4.78 is 0. The summed E-state index contributed by atoms with van der Waals surface area (Å²) in [6.45, 7) is 6.74. The minimum absolute atomic E-state index is 0.0690. The van der Waals surface area contributed by atoms with E-state index in [1.165, 1.54) is 0 Å². The Kier molecular flexibility index (Phi) is 6.57. The lowest BCUT2D eigenvalue weighted by molar-refractivity contribution is -0.125. The number of hydrogen-bond acceptors (Lipinski definition) is 2. The van der Waals surface area contributed by atoms with E-state index in [0.717, 1.165) is 18.4 Å². The second-order valence-corrected chi connectivity index (χ2v) is 5.44. The van der Waals surface area contributed by atoms with Gasteiger partial charge in [-0.25, -0.2) is 0 Å². The first-order valence-electron chi connectivity index (χ1n) is 7.13. The molecule has 3 N–H and O–H groups in total. The van der Waals surface area contributed by atoms with Gasteiger partial charge in [-0.3, -0.25) is 4.79 Å². The maximum absolute atomic E-state index is 12.2. The minimum Gasteiger partial charge on any atom is -0.349 e. The molecule has 2 unspecified atom stereocenters. The first kappa shape index (κ1) is 15.7. The molecule has 106 valence electrons. The highest BCUT2D eigenvalue weighted by atomic mass is 16.1. The molecule has 1 rings (SSSR count). The van der Waals surface area contributed by atoms with E-state index in [9.17, 15) is 4.79 Å². The van der Waals surface area contributed by atoms with Crippen LogP contribution in [0.1, 0.15) is 45.2 Å². The normalized spacial score (nSPS) is 14.2. The molecule has 0 saturated heterocycles. The standard InChI is InChI=1S/C16H26N2O/c1-4-13(11-17)16(19)18-15(10-12(2)3)14-8-6-5-7-9-14/h5-9,12-13,15H,4,10-11,17H2,1-3H3,(H,18,19). The summed E-state index contributed by atoms with van der Waals surface area (Å²) in [6, 6.07) is 10.2. The van der Waals surface area contributed by atoms with Crippen LogP contribution in [0, 0.1) is 11.8 Å². The molecule has 3 nitrogen and oxygen atoms in total. The van der Waals surface area contributed by atoms with Gasteiger partial charge in [-0.15, -0.1) is 0 Å². The Balaban J connectivity index is 2.78. The topological polar surface area (TPSA) is 55.1 Å². The summed E-state index contributed by atoms with van der Waals surface area (Å²) in [5.74, 6) is 0.515. The number of nitrogens with one attached hydrogen (secondary N) is 1. The van der Waals surface area contributed by atoms with E-state index in [4.69, 9.17) is 5.73 Å². The van der Waals surface area contributed by atoms with Crippen LogP contribution in [0.3, 0.4) is 0 Å². The molecule has 1 aromatic carbocycles. The van der Waals surface area contributed by atoms with Crippen LogP contribution in [0.5, 0.6) is 0 Å². The van der Waals surface area contributed by atoms with Crippen molar-refractivity contribution in [3.05, 3.63) is 35.9 Å². The molecule has 0 aliphatic rings. The fourth-order valence-electron chi connectivity index (χ4n) is 2.18. The minimum atomic E-state index is -0.0848. The maximum atomic E-state index is 12.2. The van der Waals surface area contributed by atoms with Crippen molar-refractivity contribution >= 4 is 5.91 Å². The zero-order valence-corrected chi connectivity index (χ0v) is 12.2. The number of carbonyl (C=O) groups excluding carboxylic acids is 1. The van der Waals surface area contributed by atoms with Crippen molar-refractivity contribution in [3.8, 4) is 0 Å². The molecule has 3 heteroatoms. The van der Waals surface area contributed by atoms with Gasteiger partial charge in [-0.1, -0.05) is 51.1 Å². The van der Waals surface area contributed by atoms with Gasteiger partial charge in [0.15, 0.2) is 0 Å². The highest BCUT2D eigenvalue weighted by molar-refractivity contribution is 5.79. The van der Waals surface area contributed by atoms with Crippen LogP contribution >= 0.6 is 0 Å². The molecule has 0 heterocycles. The van der Waals surface area contributed by atoms with Crippen LogP contribution in [0.15, 0.2) is 30.3 Å². The van der Waals surface area contributed by atoms with E-state index < -0.39 is 0 Å². The Morgan fingerprint density at radius 2 is 1.89 bits per heavy atom. The third-order valence-electron chi connectivity index (χ3n) is 3.37. The summed E-state index contributed by atoms with van der Waals surface area (Å²) in [5.41, 5.74) is 6.80. The van der Waals surface area contributed by atoms with E-state index in [2.05, 4.69) is 31.3 Å². The lowest BCUT2D eigenvalue weighted by atomic mass is 9.96. The molecule has 0 fully saturated rings. The number of carbonyl (C=O) groups is 1. The predicted molar refractivity (Wildman–Crippen MR) is 79.6 cm³/mol. The predicted octanol–water partition coefficient (Wildman–Crippen LogP) is 2.87. The summed E-state index contributed by atoms with van der Waals surface area (Å²) in [4.78, 5) is 12.2. The van der Waals surface area contributed by atoms with Gasteiger partial charge in [0.25, 0.3) is 0 Å². The molecule has 0 saturated carbocycles. The van der Waals surface area contributed by atoms with Crippen molar-refractivity contribution in [2.24, 2.45) is 17.6 Å². The van der Waals surface area contributed by atoms with Crippen molar-refractivity contribution in [1.82, 2.24) is 5.32 Å². The summed E-state index contributed by atoms with van der Waals surface area (Å²) >= 11 is 0. The van der Waals surface area contributed by atoms with Crippen LogP contribution in [0.2, 0.25) is 0 Å². The smallest absolute Gasteiger partial charge is 0.224 e. The zero-order valence-electron chi connectivity index (χ0n) is 12.2. The molecule has 1 aromatic rings. The van der Waals surface area contributed by atoms with Crippen LogP contribution in [-0.4, -0.2) is 12.5 Å². The molecule has 0 aromatic heterocycles. The Hall–Kier alpha value is -1.35. The third kappa shape index (κ3) is 5.03. The number of hydrogen-bond donors (Lipinski definition) is 2. The highest BCUT2D eigenvalue weighted by Gasteiger charge is 2.20. The van der Waals surface area contributed by atoms with Crippen molar-refractivity contribution in [2.75, 3.05) is 6.54 Å². The van der Waals surface area contributed by atoms with E-state index in [0.29, 0.717) is 12.5 Å². The van der Waals surface area contributed by atoms with E-state index in [1.807, 2.05) is 25.1 Å². The van der Waals surface area contributed by atoms with Gasteiger partial charge in [0.05, 0.1) is 6.04 Å². The molecule has 1 amide bonds. The van der Waals surface area contributed by atoms with Crippen LogP contribution in [0.4, 0.5) is 0 Å². The summed E-state index contributed by atoms with van der Waals surface area (Å²) in [5, 5.41) is 3.15. The fraction of sp³-hybridized carbons (Fsp3) is 0.562. The number of nitrogens with two attached hydrogens (primary N) is 1. The van der Waals surface area contributed by atoms with Crippen LogP contribution in [-0.2, 0) is 4.79 Å². The second-order valence-electron chi connectivity index (χ2n) is 5.44. The van der Waals surface area contributed by atoms with Gasteiger partial charge >= 0.3 is 0 Å². The van der Waals surface area contributed by atoms with Crippen molar-refractivity contribution in [2.45, 2.75) is 39.7 Å². The number of amides is 1. The third-order valence-corrected chi connectivity index (χ3v) is 3.37. The molecular formula is C16H26N2O. The van der Waals surface area contributed by atoms with E-state index >= 15 is 0 Å². The Morgan fingerprint density at radius 3 is 2.37 bits per heavy atom. The molecule has 0 spiro atoms. The average Bonchev–Trinajstić information content (AvgIpc) is 2.40. The van der Waals surface area contributed by atoms with Crippen molar-refractivity contribution in [1.29, 1.82) is 0 Å². The van der Waals surface area contributed by atoms with Crippen LogP contribution < -0.4 is 11.1 Å². The first-order valence-corrected chi connectivity index (χ1v) is 7.13. The largest absolute Gasteiger partial charge is 0.349 e. The average molecular weight is 262 g/mol. The summed E-state index contributed by atoms with van der Waals surface area (Å²) in [7, 11) is 0. The van der Waals surface area contributed by atoms with Crippen molar-refractivity contribution in [3.63, 3.8) is 0 Å². The SMILES string of the molecule is CCC(CN)C(=O)NC(CC(C)C)c1ccccc1. The van der Waals surface area contributed by atoms with Gasteiger partial charge in [-0.2, -0.15) is 0 Å². The number of benzene rings is 1. The lowest BCUT2D eigenvalue weighted by Gasteiger charge is -2.23. The molecule has 0 radical (unpaired) electrons. The molecule has 0 aliphatic carbocycles. The van der Waals surface area contributed by atoms with Gasteiger partial charge in [0, 0.05) is 12.5 Å². The van der Waals surface area contributed by atoms with Gasteiger partial charge in [-0.05, 0) is 24.3 Å². The monoisotopic (exact) mass is 262 g/mol. The maximum Gasteiger partial charge on any atom is 0.224 e. The molecule has 0 aliphatic heterocycles. The second kappa shape index (κ2) is 7.95. The molecular weight excluding hydrogens is 236 g/mol. The zero-order chi connectivity index (χ0) is 14.3. The molecule has 19 heavy (non-hydrogen) atoms. The van der Waals surface area contributed by atoms with Gasteiger partial charge < -0.3 is 11.1 Å². The quantitative estimate of drug-likeness (QED) is 0.794. The number of rotatable bonds is 7. The van der Waals surface area contributed by atoms with E-state index in [-0.39, 0.29) is 17.9 Å².